The SMILES string of the molecule is COc1cc(C)cc(C)c1C(C)(O)c1nc2ccc(C#N)cc2n1COCC[Si](C)(C)C. The van der Waals surface area contributed by atoms with Crippen molar-refractivity contribution in [1.29, 1.82) is 5.26 Å². The van der Waals surface area contributed by atoms with E-state index in [1.165, 1.54) is 0 Å². The highest BCUT2D eigenvalue weighted by atomic mass is 28.3. The zero-order chi connectivity index (χ0) is 23.7. The highest BCUT2D eigenvalue weighted by Gasteiger charge is 2.36. The van der Waals surface area contributed by atoms with Crippen LogP contribution in [0.4, 0.5) is 0 Å². The van der Waals surface area contributed by atoms with Crippen LogP contribution < -0.4 is 4.74 Å². The van der Waals surface area contributed by atoms with Gasteiger partial charge in [0.15, 0.2) is 0 Å². The molecular weight excluding hydrogens is 418 g/mol. The molecule has 1 N–H and O–H groups in total. The number of fused-ring (bicyclic) bond motifs is 1. The Bertz CT molecular complexity index is 1170. The van der Waals surface area contributed by atoms with Gasteiger partial charge in [-0.05, 0) is 62.2 Å². The molecule has 6 nitrogen and oxygen atoms in total. The van der Waals surface area contributed by atoms with Gasteiger partial charge < -0.3 is 19.1 Å². The molecule has 1 aromatic heterocycles. The molecule has 0 bridgehead atoms. The van der Waals surface area contributed by atoms with Crippen molar-refractivity contribution in [3.05, 3.63) is 58.4 Å². The maximum atomic E-state index is 11.9. The van der Waals surface area contributed by atoms with Crippen molar-refractivity contribution >= 4 is 19.1 Å². The number of hydrogen-bond acceptors (Lipinski definition) is 5. The Kier molecular flexibility index (Phi) is 6.79. The summed E-state index contributed by atoms with van der Waals surface area (Å²) in [6.07, 6.45) is 0. The summed E-state index contributed by atoms with van der Waals surface area (Å²) < 4.78 is 13.6. The fourth-order valence-corrected chi connectivity index (χ4v) is 4.81. The van der Waals surface area contributed by atoms with Crippen molar-refractivity contribution in [2.45, 2.75) is 58.8 Å². The van der Waals surface area contributed by atoms with E-state index in [9.17, 15) is 10.4 Å². The number of imidazole rings is 1. The van der Waals surface area contributed by atoms with Gasteiger partial charge in [-0.3, -0.25) is 0 Å². The van der Waals surface area contributed by atoms with Crippen molar-refractivity contribution in [3.63, 3.8) is 0 Å². The fourth-order valence-electron chi connectivity index (χ4n) is 4.05. The summed E-state index contributed by atoms with van der Waals surface area (Å²) in [5.41, 5.74) is 3.22. The summed E-state index contributed by atoms with van der Waals surface area (Å²) in [5, 5.41) is 21.3. The molecule has 0 fully saturated rings. The maximum absolute atomic E-state index is 11.9. The van der Waals surface area contributed by atoms with Gasteiger partial charge in [0.25, 0.3) is 0 Å². The monoisotopic (exact) mass is 451 g/mol. The Morgan fingerprint density at radius 3 is 2.53 bits per heavy atom. The van der Waals surface area contributed by atoms with E-state index >= 15 is 0 Å². The van der Waals surface area contributed by atoms with Crippen LogP contribution in [0.15, 0.2) is 30.3 Å². The minimum absolute atomic E-state index is 0.245. The van der Waals surface area contributed by atoms with Crippen molar-refractivity contribution in [2.75, 3.05) is 13.7 Å². The van der Waals surface area contributed by atoms with Gasteiger partial charge in [0.05, 0.1) is 29.8 Å². The molecule has 3 aromatic rings. The van der Waals surface area contributed by atoms with E-state index in [4.69, 9.17) is 14.5 Å². The lowest BCUT2D eigenvalue weighted by molar-refractivity contribution is 0.0547. The molecule has 0 saturated heterocycles. The largest absolute Gasteiger partial charge is 0.496 e. The molecule has 2 aromatic carbocycles. The van der Waals surface area contributed by atoms with Crippen LogP contribution in [0.3, 0.4) is 0 Å². The molecule has 32 heavy (non-hydrogen) atoms. The molecule has 0 amide bonds. The van der Waals surface area contributed by atoms with Crippen LogP contribution in [0.25, 0.3) is 11.0 Å². The number of nitriles is 1. The maximum Gasteiger partial charge on any atom is 0.148 e. The lowest BCUT2D eigenvalue weighted by Crippen LogP contribution is -2.30. The zero-order valence-electron chi connectivity index (χ0n) is 20.1. The van der Waals surface area contributed by atoms with Crippen LogP contribution >= 0.6 is 0 Å². The van der Waals surface area contributed by atoms with E-state index < -0.39 is 13.7 Å². The van der Waals surface area contributed by atoms with Crippen LogP contribution in [-0.4, -0.2) is 36.4 Å². The highest BCUT2D eigenvalue weighted by Crippen LogP contribution is 2.39. The van der Waals surface area contributed by atoms with E-state index in [0.29, 0.717) is 34.8 Å². The van der Waals surface area contributed by atoms with E-state index in [0.717, 1.165) is 22.7 Å². The van der Waals surface area contributed by atoms with Gasteiger partial charge in [-0.2, -0.15) is 5.26 Å². The number of ether oxygens (including phenoxy) is 2. The van der Waals surface area contributed by atoms with Crippen molar-refractivity contribution in [3.8, 4) is 11.8 Å². The first-order valence-corrected chi connectivity index (χ1v) is 14.6. The van der Waals surface area contributed by atoms with Gasteiger partial charge in [-0.15, -0.1) is 0 Å². The van der Waals surface area contributed by atoms with Crippen molar-refractivity contribution in [2.24, 2.45) is 0 Å². The molecule has 1 unspecified atom stereocenters. The Labute approximate surface area is 191 Å². The molecule has 0 radical (unpaired) electrons. The topological polar surface area (TPSA) is 80.3 Å². The van der Waals surface area contributed by atoms with Crippen molar-refractivity contribution in [1.82, 2.24) is 9.55 Å². The number of methoxy groups -OCH3 is 1. The van der Waals surface area contributed by atoms with E-state index in [1.54, 1.807) is 26.2 Å². The first-order valence-electron chi connectivity index (χ1n) is 10.8. The van der Waals surface area contributed by atoms with Gasteiger partial charge in [-0.25, -0.2) is 4.98 Å². The molecule has 1 heterocycles. The van der Waals surface area contributed by atoms with Gasteiger partial charge in [0, 0.05) is 20.2 Å². The number of aryl methyl sites for hydroxylation is 2. The summed E-state index contributed by atoms with van der Waals surface area (Å²) in [4.78, 5) is 4.78. The standard InChI is InChI=1S/C25H33N3O3Si/c1-17-12-18(2)23(22(13-17)30-4)25(3,29)24-27-20-9-8-19(15-26)14-21(20)28(24)16-31-10-11-32(5,6)7/h8-9,12-14,29H,10-11,16H2,1-7H3. The summed E-state index contributed by atoms with van der Waals surface area (Å²) >= 11 is 0. The second-order valence-electron chi connectivity index (χ2n) is 9.76. The number of hydrogen-bond donors (Lipinski definition) is 1. The van der Waals surface area contributed by atoms with Gasteiger partial charge >= 0.3 is 0 Å². The number of aromatic nitrogens is 2. The zero-order valence-corrected chi connectivity index (χ0v) is 21.1. The van der Waals surface area contributed by atoms with Crippen LogP contribution in [0.5, 0.6) is 5.75 Å². The molecule has 3 rings (SSSR count). The third-order valence-electron chi connectivity index (χ3n) is 5.68. The summed E-state index contributed by atoms with van der Waals surface area (Å²) in [6, 6.07) is 12.5. The number of nitrogens with zero attached hydrogens (tertiary/aromatic N) is 3. The molecule has 0 saturated carbocycles. The van der Waals surface area contributed by atoms with Crippen LogP contribution in [0.2, 0.25) is 25.7 Å². The molecule has 7 heteroatoms. The van der Waals surface area contributed by atoms with Crippen LogP contribution in [-0.2, 0) is 17.1 Å². The lowest BCUT2D eigenvalue weighted by atomic mass is 9.89. The average Bonchev–Trinajstić information content (AvgIpc) is 3.08. The molecule has 1 atom stereocenters. The molecule has 0 spiro atoms. The molecule has 0 aliphatic carbocycles. The Hall–Kier alpha value is -2.66. The second kappa shape index (κ2) is 9.06. The van der Waals surface area contributed by atoms with Crippen LogP contribution in [0.1, 0.15) is 35.0 Å². The first-order chi connectivity index (χ1) is 15.0. The van der Waals surface area contributed by atoms with Gasteiger partial charge in [0.1, 0.15) is 23.9 Å². The fraction of sp³-hybridized carbons (Fsp3) is 0.440. The van der Waals surface area contributed by atoms with Gasteiger partial charge in [0.2, 0.25) is 0 Å². The van der Waals surface area contributed by atoms with E-state index in [-0.39, 0.29) is 6.73 Å². The third-order valence-corrected chi connectivity index (χ3v) is 7.38. The quantitative estimate of drug-likeness (QED) is 0.381. The predicted molar refractivity (Wildman–Crippen MR) is 130 cm³/mol. The molecular formula is C25H33N3O3Si. The van der Waals surface area contributed by atoms with E-state index in [2.05, 4.69) is 25.7 Å². The Balaban J connectivity index is 2.14. The summed E-state index contributed by atoms with van der Waals surface area (Å²) in [6.45, 7) is 13.5. The van der Waals surface area contributed by atoms with Crippen LogP contribution in [0, 0.1) is 25.2 Å². The predicted octanol–water partition coefficient (Wildman–Crippen LogP) is 5.10. The molecule has 0 aliphatic rings. The highest BCUT2D eigenvalue weighted by molar-refractivity contribution is 6.76. The third kappa shape index (κ3) is 4.88. The summed E-state index contributed by atoms with van der Waals surface area (Å²) in [5.74, 6) is 1.07. The number of aliphatic hydroxyl groups is 1. The normalized spacial score (nSPS) is 13.7. The Morgan fingerprint density at radius 1 is 1.19 bits per heavy atom. The second-order valence-corrected chi connectivity index (χ2v) is 15.4. The van der Waals surface area contributed by atoms with Crippen molar-refractivity contribution < 1.29 is 14.6 Å². The Morgan fingerprint density at radius 2 is 1.91 bits per heavy atom. The molecule has 170 valence electrons. The van der Waals surface area contributed by atoms with Gasteiger partial charge in [-0.1, -0.05) is 25.7 Å². The number of benzene rings is 2. The lowest BCUT2D eigenvalue weighted by Gasteiger charge is -2.28. The first kappa shape index (κ1) is 24.0. The smallest absolute Gasteiger partial charge is 0.148 e. The summed E-state index contributed by atoms with van der Waals surface area (Å²) in [7, 11) is 0.372. The number of rotatable bonds is 8. The minimum Gasteiger partial charge on any atom is -0.496 e. The van der Waals surface area contributed by atoms with E-state index in [1.807, 2.05) is 36.6 Å². The average molecular weight is 452 g/mol. The molecule has 0 aliphatic heterocycles. The minimum atomic E-state index is -1.43.